The number of halogens is 2. The normalized spacial score (nSPS) is 10.2. The number of rotatable bonds is 6. The lowest BCUT2D eigenvalue weighted by atomic mass is 10.3. The van der Waals surface area contributed by atoms with Crippen LogP contribution in [0.15, 0.2) is 67.0 Å². The molecule has 1 amide bonds. The molecule has 7 heteroatoms. The van der Waals surface area contributed by atoms with Gasteiger partial charge in [-0.25, -0.2) is 0 Å². The number of nitrogens with zero attached hydrogens (tertiary/aromatic N) is 1. The number of pyridine rings is 1. The van der Waals surface area contributed by atoms with E-state index < -0.39 is 0 Å². The lowest BCUT2D eigenvalue weighted by Gasteiger charge is -2.10. The van der Waals surface area contributed by atoms with Crippen LogP contribution in [0, 0.1) is 0 Å². The summed E-state index contributed by atoms with van der Waals surface area (Å²) < 4.78 is 11.1. The SMILES string of the molecule is O=C(COc1ccc(Cl)cc1Cl)Nc1ccc(Oc2ccncc2)cc1. The Morgan fingerprint density at radius 3 is 2.35 bits per heavy atom. The molecule has 132 valence electrons. The molecule has 0 atom stereocenters. The van der Waals surface area contributed by atoms with Crippen LogP contribution >= 0.6 is 23.2 Å². The Kier molecular flexibility index (Phi) is 5.94. The molecule has 26 heavy (non-hydrogen) atoms. The fraction of sp³-hybridized carbons (Fsp3) is 0.0526. The maximum atomic E-state index is 12.0. The smallest absolute Gasteiger partial charge is 0.262 e. The summed E-state index contributed by atoms with van der Waals surface area (Å²) in [6.07, 6.45) is 3.30. The quantitative estimate of drug-likeness (QED) is 0.630. The molecule has 0 bridgehead atoms. The molecule has 1 N–H and O–H groups in total. The largest absolute Gasteiger partial charge is 0.482 e. The third-order valence-corrected chi connectivity index (χ3v) is 3.81. The predicted octanol–water partition coefficient (Wildman–Crippen LogP) is 5.20. The number of amides is 1. The van der Waals surface area contributed by atoms with Gasteiger partial charge in [-0.05, 0) is 54.6 Å². The number of carbonyl (C=O) groups excluding carboxylic acids is 1. The van der Waals surface area contributed by atoms with E-state index in [0.717, 1.165) is 0 Å². The highest BCUT2D eigenvalue weighted by atomic mass is 35.5. The molecule has 1 aromatic heterocycles. The van der Waals surface area contributed by atoms with Crippen LogP contribution in [-0.2, 0) is 4.79 Å². The molecule has 0 unspecified atom stereocenters. The van der Waals surface area contributed by atoms with Gasteiger partial charge in [0.2, 0.25) is 0 Å². The van der Waals surface area contributed by atoms with Gasteiger partial charge in [0.1, 0.15) is 17.2 Å². The molecular formula is C19H14Cl2N2O3. The highest BCUT2D eigenvalue weighted by molar-refractivity contribution is 6.35. The first-order valence-electron chi connectivity index (χ1n) is 7.66. The van der Waals surface area contributed by atoms with Gasteiger partial charge in [-0.3, -0.25) is 9.78 Å². The Morgan fingerprint density at radius 1 is 0.962 bits per heavy atom. The van der Waals surface area contributed by atoms with E-state index in [0.29, 0.717) is 33.0 Å². The van der Waals surface area contributed by atoms with Crippen molar-refractivity contribution < 1.29 is 14.3 Å². The number of hydrogen-bond acceptors (Lipinski definition) is 4. The second kappa shape index (κ2) is 8.56. The summed E-state index contributed by atoms with van der Waals surface area (Å²) in [5.74, 6) is 1.43. The van der Waals surface area contributed by atoms with E-state index in [9.17, 15) is 4.79 Å². The van der Waals surface area contributed by atoms with Crippen LogP contribution in [0.4, 0.5) is 5.69 Å². The summed E-state index contributed by atoms with van der Waals surface area (Å²) in [7, 11) is 0. The van der Waals surface area contributed by atoms with Gasteiger partial charge in [0.25, 0.3) is 5.91 Å². The molecule has 0 radical (unpaired) electrons. The molecule has 5 nitrogen and oxygen atoms in total. The van der Waals surface area contributed by atoms with Gasteiger partial charge >= 0.3 is 0 Å². The number of aromatic nitrogens is 1. The summed E-state index contributed by atoms with van der Waals surface area (Å²) in [5.41, 5.74) is 0.628. The van der Waals surface area contributed by atoms with Crippen LogP contribution in [0.2, 0.25) is 10.0 Å². The fourth-order valence-corrected chi connectivity index (χ4v) is 2.54. The topological polar surface area (TPSA) is 60.5 Å². The van der Waals surface area contributed by atoms with E-state index in [4.69, 9.17) is 32.7 Å². The number of carbonyl (C=O) groups is 1. The third-order valence-electron chi connectivity index (χ3n) is 3.28. The molecule has 1 heterocycles. The molecule has 0 aliphatic heterocycles. The predicted molar refractivity (Wildman–Crippen MR) is 101 cm³/mol. The Balaban J connectivity index is 1.52. The van der Waals surface area contributed by atoms with Gasteiger partial charge in [0.05, 0.1) is 5.02 Å². The second-order valence-electron chi connectivity index (χ2n) is 5.22. The molecule has 0 saturated carbocycles. The number of nitrogens with one attached hydrogen (secondary N) is 1. The lowest BCUT2D eigenvalue weighted by Crippen LogP contribution is -2.20. The second-order valence-corrected chi connectivity index (χ2v) is 6.06. The van der Waals surface area contributed by atoms with Gasteiger partial charge in [-0.1, -0.05) is 23.2 Å². The molecule has 0 fully saturated rings. The standard InChI is InChI=1S/C19H14Cl2N2O3/c20-13-1-6-18(17(21)11-13)25-12-19(24)23-14-2-4-15(5-3-14)26-16-7-9-22-10-8-16/h1-11H,12H2,(H,23,24). The van der Waals surface area contributed by atoms with Gasteiger partial charge in [0, 0.05) is 23.1 Å². The zero-order valence-electron chi connectivity index (χ0n) is 13.5. The van der Waals surface area contributed by atoms with E-state index in [1.807, 2.05) is 0 Å². The third kappa shape index (κ3) is 5.12. The Hall–Kier alpha value is -2.76. The molecular weight excluding hydrogens is 375 g/mol. The van der Waals surface area contributed by atoms with Gasteiger partial charge in [-0.2, -0.15) is 0 Å². The van der Waals surface area contributed by atoms with Crippen molar-refractivity contribution in [2.75, 3.05) is 11.9 Å². The summed E-state index contributed by atoms with van der Waals surface area (Å²) >= 11 is 11.8. The molecule has 0 spiro atoms. The van der Waals surface area contributed by atoms with Crippen molar-refractivity contribution in [3.05, 3.63) is 77.0 Å². The summed E-state index contributed by atoms with van der Waals surface area (Å²) in [4.78, 5) is 15.9. The van der Waals surface area contributed by atoms with Crippen molar-refractivity contribution >= 4 is 34.8 Å². The van der Waals surface area contributed by atoms with Gasteiger partial charge in [-0.15, -0.1) is 0 Å². The van der Waals surface area contributed by atoms with Crippen LogP contribution < -0.4 is 14.8 Å². The zero-order valence-corrected chi connectivity index (χ0v) is 15.0. The van der Waals surface area contributed by atoms with Crippen molar-refractivity contribution in [2.45, 2.75) is 0 Å². The highest BCUT2D eigenvalue weighted by Gasteiger charge is 2.07. The average Bonchev–Trinajstić information content (AvgIpc) is 2.63. The number of anilines is 1. The van der Waals surface area contributed by atoms with E-state index in [1.165, 1.54) is 0 Å². The van der Waals surface area contributed by atoms with Crippen LogP contribution in [0.3, 0.4) is 0 Å². The minimum Gasteiger partial charge on any atom is -0.482 e. The molecule has 3 rings (SSSR count). The number of benzene rings is 2. The first-order valence-corrected chi connectivity index (χ1v) is 8.41. The first kappa shape index (κ1) is 18.0. The maximum absolute atomic E-state index is 12.0. The van der Waals surface area contributed by atoms with E-state index in [2.05, 4.69) is 10.3 Å². The number of hydrogen-bond donors (Lipinski definition) is 1. The van der Waals surface area contributed by atoms with E-state index in [1.54, 1.807) is 67.0 Å². The summed E-state index contributed by atoms with van der Waals surface area (Å²) in [6, 6.07) is 15.3. The van der Waals surface area contributed by atoms with Crippen molar-refractivity contribution in [3.63, 3.8) is 0 Å². The summed E-state index contributed by atoms with van der Waals surface area (Å²) in [6.45, 7) is -0.170. The van der Waals surface area contributed by atoms with Crippen LogP contribution in [-0.4, -0.2) is 17.5 Å². The molecule has 0 aliphatic rings. The van der Waals surface area contributed by atoms with Gasteiger partial charge in [0.15, 0.2) is 6.61 Å². The van der Waals surface area contributed by atoms with E-state index in [-0.39, 0.29) is 12.5 Å². The van der Waals surface area contributed by atoms with Crippen molar-refractivity contribution in [3.8, 4) is 17.2 Å². The Morgan fingerprint density at radius 2 is 1.65 bits per heavy atom. The van der Waals surface area contributed by atoms with Gasteiger partial charge < -0.3 is 14.8 Å². The monoisotopic (exact) mass is 388 g/mol. The minimum absolute atomic E-state index is 0.170. The first-order chi connectivity index (χ1) is 12.6. The Bertz CT molecular complexity index is 887. The Labute approximate surface area is 160 Å². The highest BCUT2D eigenvalue weighted by Crippen LogP contribution is 2.27. The van der Waals surface area contributed by atoms with Crippen molar-refractivity contribution in [1.29, 1.82) is 0 Å². The maximum Gasteiger partial charge on any atom is 0.262 e. The summed E-state index contributed by atoms with van der Waals surface area (Å²) in [5, 5.41) is 3.59. The minimum atomic E-state index is -0.307. The molecule has 0 aliphatic carbocycles. The fourth-order valence-electron chi connectivity index (χ4n) is 2.08. The molecule has 3 aromatic rings. The molecule has 2 aromatic carbocycles. The van der Waals surface area contributed by atoms with Crippen molar-refractivity contribution in [2.24, 2.45) is 0 Å². The van der Waals surface area contributed by atoms with E-state index >= 15 is 0 Å². The van der Waals surface area contributed by atoms with Crippen molar-refractivity contribution in [1.82, 2.24) is 4.98 Å². The van der Waals surface area contributed by atoms with Crippen LogP contribution in [0.5, 0.6) is 17.2 Å². The average molecular weight is 389 g/mol. The zero-order chi connectivity index (χ0) is 18.4. The lowest BCUT2D eigenvalue weighted by molar-refractivity contribution is -0.118. The molecule has 0 saturated heterocycles. The van der Waals surface area contributed by atoms with Crippen LogP contribution in [0.25, 0.3) is 0 Å². The van der Waals surface area contributed by atoms with Crippen LogP contribution in [0.1, 0.15) is 0 Å². The number of ether oxygens (including phenoxy) is 2.